The summed E-state index contributed by atoms with van der Waals surface area (Å²) in [6.07, 6.45) is 4.42. The number of aliphatic hydroxyl groups excluding tert-OH is 1. The quantitative estimate of drug-likeness (QED) is 0.759. The second-order valence-electron chi connectivity index (χ2n) is 6.82. The summed E-state index contributed by atoms with van der Waals surface area (Å²) in [5, 5.41) is 11.5. The lowest BCUT2D eigenvalue weighted by Gasteiger charge is -2.33. The van der Waals surface area contributed by atoms with E-state index < -0.39 is 12.8 Å². The molecule has 1 unspecified atom stereocenters. The monoisotopic (exact) mass is 358 g/mol. The third kappa shape index (κ3) is 3.12. The molecule has 26 heavy (non-hydrogen) atoms. The number of hydrogen-bond donors (Lipinski definition) is 1. The van der Waals surface area contributed by atoms with Crippen LogP contribution in [0.25, 0.3) is 21.9 Å². The maximum absolute atomic E-state index is 12.3. The number of aliphatic hydroxyl groups is 1. The molecular formula is C19H23FN4O2. The van der Waals surface area contributed by atoms with Gasteiger partial charge in [0.1, 0.15) is 24.2 Å². The maximum atomic E-state index is 12.3. The molecule has 1 fully saturated rings. The molecule has 0 saturated carbocycles. The van der Waals surface area contributed by atoms with Crippen LogP contribution in [0.5, 0.6) is 0 Å². The molecule has 3 aromatic heterocycles. The van der Waals surface area contributed by atoms with Crippen LogP contribution in [0.15, 0.2) is 30.6 Å². The zero-order chi connectivity index (χ0) is 18.1. The van der Waals surface area contributed by atoms with Crippen molar-refractivity contribution in [1.29, 1.82) is 0 Å². The molecular weight excluding hydrogens is 335 g/mol. The Hall–Kier alpha value is -2.25. The lowest BCUT2D eigenvalue weighted by Crippen LogP contribution is -2.38. The standard InChI is InChI=1S/C19H23FN4O2/c1-23-17-4-7-21-11-16(17)15-2-3-18(22-19(15)23)24-8-5-14(6-9-24)26-12-13(25)10-20/h2-4,7,11,13-14,25H,5-6,8-10,12H2,1H3. The summed E-state index contributed by atoms with van der Waals surface area (Å²) in [5.41, 5.74) is 2.08. The number of piperidine rings is 1. The van der Waals surface area contributed by atoms with E-state index in [-0.39, 0.29) is 12.7 Å². The van der Waals surface area contributed by atoms with E-state index in [9.17, 15) is 9.50 Å². The van der Waals surface area contributed by atoms with E-state index in [1.807, 2.05) is 19.3 Å². The van der Waals surface area contributed by atoms with Gasteiger partial charge >= 0.3 is 0 Å². The van der Waals surface area contributed by atoms with Gasteiger partial charge in [-0.2, -0.15) is 0 Å². The van der Waals surface area contributed by atoms with Crippen LogP contribution in [0, 0.1) is 0 Å². The van der Waals surface area contributed by atoms with E-state index in [0.29, 0.717) is 0 Å². The lowest BCUT2D eigenvalue weighted by atomic mass is 10.1. The van der Waals surface area contributed by atoms with Gasteiger partial charge in [0.25, 0.3) is 0 Å². The van der Waals surface area contributed by atoms with Gasteiger partial charge in [-0.25, -0.2) is 9.37 Å². The first-order chi connectivity index (χ1) is 12.7. The van der Waals surface area contributed by atoms with Crippen LogP contribution in [0.3, 0.4) is 0 Å². The van der Waals surface area contributed by atoms with E-state index >= 15 is 0 Å². The molecule has 1 aliphatic heterocycles. The van der Waals surface area contributed by atoms with Gasteiger partial charge in [0.05, 0.1) is 18.2 Å². The number of ether oxygens (including phenoxy) is 1. The van der Waals surface area contributed by atoms with Crippen molar-refractivity contribution in [3.05, 3.63) is 30.6 Å². The minimum absolute atomic E-state index is 0.0648. The molecule has 0 bridgehead atoms. The third-order valence-corrected chi connectivity index (χ3v) is 5.10. The van der Waals surface area contributed by atoms with Gasteiger partial charge in [-0.05, 0) is 31.0 Å². The number of aryl methyl sites for hydroxylation is 1. The van der Waals surface area contributed by atoms with Crippen molar-refractivity contribution in [3.63, 3.8) is 0 Å². The molecule has 1 atom stereocenters. The number of aromatic nitrogens is 3. The number of halogens is 1. The van der Waals surface area contributed by atoms with Crippen molar-refractivity contribution < 1.29 is 14.2 Å². The van der Waals surface area contributed by atoms with Crippen molar-refractivity contribution >= 4 is 27.8 Å². The van der Waals surface area contributed by atoms with Crippen molar-refractivity contribution in [1.82, 2.24) is 14.5 Å². The van der Waals surface area contributed by atoms with Gasteiger partial charge in [-0.15, -0.1) is 0 Å². The van der Waals surface area contributed by atoms with Crippen LogP contribution in [-0.2, 0) is 11.8 Å². The Morgan fingerprint density at radius 1 is 1.27 bits per heavy atom. The molecule has 0 spiro atoms. The highest BCUT2D eigenvalue weighted by Crippen LogP contribution is 2.29. The molecule has 4 rings (SSSR count). The Kier molecular flexibility index (Phi) is 4.74. The molecule has 1 aliphatic rings. The van der Waals surface area contributed by atoms with E-state index in [4.69, 9.17) is 9.72 Å². The summed E-state index contributed by atoms with van der Waals surface area (Å²) in [7, 11) is 2.03. The summed E-state index contributed by atoms with van der Waals surface area (Å²) in [4.78, 5) is 11.4. The summed E-state index contributed by atoms with van der Waals surface area (Å²) < 4.78 is 20.0. The van der Waals surface area contributed by atoms with Crippen LogP contribution < -0.4 is 4.90 Å². The number of pyridine rings is 2. The molecule has 6 nitrogen and oxygen atoms in total. The highest BCUT2D eigenvalue weighted by atomic mass is 19.1. The Balaban J connectivity index is 1.50. The minimum Gasteiger partial charge on any atom is -0.388 e. The number of nitrogens with zero attached hydrogens (tertiary/aromatic N) is 4. The SMILES string of the molecule is Cn1c2ccncc2c2ccc(N3CCC(OCC(O)CF)CC3)nc21. The maximum Gasteiger partial charge on any atom is 0.143 e. The normalized spacial score (nSPS) is 17.3. The van der Waals surface area contributed by atoms with Gasteiger partial charge in [-0.1, -0.05) is 0 Å². The summed E-state index contributed by atoms with van der Waals surface area (Å²) >= 11 is 0. The van der Waals surface area contributed by atoms with Gasteiger partial charge < -0.3 is 19.3 Å². The lowest BCUT2D eigenvalue weighted by molar-refractivity contribution is -0.0253. The van der Waals surface area contributed by atoms with Crippen LogP contribution in [0.1, 0.15) is 12.8 Å². The van der Waals surface area contributed by atoms with Crippen molar-refractivity contribution in [2.75, 3.05) is 31.3 Å². The fourth-order valence-corrected chi connectivity index (χ4v) is 3.62. The summed E-state index contributed by atoms with van der Waals surface area (Å²) in [6, 6.07) is 6.18. The van der Waals surface area contributed by atoms with E-state index in [1.165, 1.54) is 0 Å². The first-order valence-electron chi connectivity index (χ1n) is 8.97. The predicted molar refractivity (Wildman–Crippen MR) is 99.2 cm³/mol. The Morgan fingerprint density at radius 3 is 2.85 bits per heavy atom. The first-order valence-corrected chi connectivity index (χ1v) is 8.97. The zero-order valence-electron chi connectivity index (χ0n) is 14.8. The summed E-state index contributed by atoms with van der Waals surface area (Å²) in [5.74, 6) is 0.957. The van der Waals surface area contributed by atoms with Crippen LogP contribution >= 0.6 is 0 Å². The highest BCUT2D eigenvalue weighted by Gasteiger charge is 2.22. The average molecular weight is 358 g/mol. The Bertz CT molecular complexity index is 905. The number of anilines is 1. The van der Waals surface area contributed by atoms with E-state index in [1.54, 1.807) is 6.20 Å². The van der Waals surface area contributed by atoms with Crippen LogP contribution in [0.4, 0.5) is 10.2 Å². The largest absolute Gasteiger partial charge is 0.388 e. The minimum atomic E-state index is -1.02. The van der Waals surface area contributed by atoms with Crippen molar-refractivity contribution in [3.8, 4) is 0 Å². The molecule has 7 heteroatoms. The molecule has 0 radical (unpaired) electrons. The van der Waals surface area contributed by atoms with Gasteiger partial charge in [0.2, 0.25) is 0 Å². The molecule has 1 saturated heterocycles. The molecule has 4 heterocycles. The highest BCUT2D eigenvalue weighted by molar-refractivity contribution is 6.06. The van der Waals surface area contributed by atoms with Crippen LogP contribution in [-0.4, -0.2) is 58.2 Å². The zero-order valence-corrected chi connectivity index (χ0v) is 14.8. The number of fused-ring (bicyclic) bond motifs is 3. The van der Waals surface area contributed by atoms with Crippen LogP contribution in [0.2, 0.25) is 0 Å². The van der Waals surface area contributed by atoms with Crippen molar-refractivity contribution in [2.24, 2.45) is 7.05 Å². The number of alkyl halides is 1. The predicted octanol–water partition coefficient (Wildman–Crippen LogP) is 2.44. The summed E-state index contributed by atoms with van der Waals surface area (Å²) in [6.45, 7) is 0.972. The molecule has 0 amide bonds. The topological polar surface area (TPSA) is 63.4 Å². The van der Waals surface area contributed by atoms with Gasteiger partial charge in [0.15, 0.2) is 0 Å². The van der Waals surface area contributed by atoms with Gasteiger partial charge in [0, 0.05) is 43.3 Å². The fourth-order valence-electron chi connectivity index (χ4n) is 3.62. The van der Waals surface area contributed by atoms with Crippen molar-refractivity contribution in [2.45, 2.75) is 25.0 Å². The third-order valence-electron chi connectivity index (χ3n) is 5.10. The molecule has 1 N–H and O–H groups in total. The van der Waals surface area contributed by atoms with E-state index in [0.717, 1.165) is 53.7 Å². The molecule has 0 aliphatic carbocycles. The molecule has 138 valence electrons. The average Bonchev–Trinajstić information content (AvgIpc) is 2.99. The molecule has 0 aromatic carbocycles. The second-order valence-corrected chi connectivity index (χ2v) is 6.82. The second kappa shape index (κ2) is 7.17. The fraction of sp³-hybridized carbons (Fsp3) is 0.474. The number of hydrogen-bond acceptors (Lipinski definition) is 5. The van der Waals surface area contributed by atoms with Gasteiger partial charge in [-0.3, -0.25) is 4.98 Å². The number of rotatable bonds is 5. The first kappa shape index (κ1) is 17.2. The Morgan fingerprint density at radius 2 is 2.08 bits per heavy atom. The Labute approximate surface area is 151 Å². The van der Waals surface area contributed by atoms with E-state index in [2.05, 4.69) is 26.6 Å². The molecule has 3 aromatic rings. The smallest absolute Gasteiger partial charge is 0.143 e.